The minimum Gasteiger partial charge on any atom is -0.493 e. The van der Waals surface area contributed by atoms with Crippen molar-refractivity contribution in [3.8, 4) is 11.5 Å². The molecule has 0 aromatic heterocycles. The molecule has 0 unspecified atom stereocenters. The Bertz CT molecular complexity index is 555. The molecule has 0 amide bonds. The number of hydrogen-bond donors (Lipinski definition) is 1. The van der Waals surface area contributed by atoms with Crippen LogP contribution < -0.4 is 9.47 Å². The molecule has 0 saturated carbocycles. The molecule has 0 fully saturated rings. The van der Waals surface area contributed by atoms with Gasteiger partial charge in [0.1, 0.15) is 22.6 Å². The highest BCUT2D eigenvalue weighted by Crippen LogP contribution is 2.30. The Labute approximate surface area is 154 Å². The van der Waals surface area contributed by atoms with E-state index in [0.29, 0.717) is 13.2 Å². The molecule has 0 saturated heterocycles. The third kappa shape index (κ3) is 7.93. The summed E-state index contributed by atoms with van der Waals surface area (Å²) in [5.41, 5.74) is 2.18. The van der Waals surface area contributed by atoms with E-state index in [2.05, 4.69) is 12.1 Å². The van der Waals surface area contributed by atoms with Crippen molar-refractivity contribution in [3.05, 3.63) is 33.8 Å². The highest BCUT2D eigenvalue weighted by Gasteiger charge is 2.09. The second-order valence-corrected chi connectivity index (χ2v) is 6.39. The third-order valence-electron chi connectivity index (χ3n) is 3.50. The van der Waals surface area contributed by atoms with Crippen molar-refractivity contribution >= 4 is 29.4 Å². The maximum Gasteiger partial charge on any atom is 0.125 e. The Morgan fingerprint density at radius 2 is 2.00 bits per heavy atom. The number of rotatable bonds is 11. The highest BCUT2D eigenvalue weighted by molar-refractivity contribution is 6.55. The summed E-state index contributed by atoms with van der Waals surface area (Å²) < 4.78 is 11.8. The summed E-state index contributed by atoms with van der Waals surface area (Å²) in [6.07, 6.45) is 7.80. The molecule has 24 heavy (non-hydrogen) atoms. The second-order valence-electron chi connectivity index (χ2n) is 5.38. The van der Waals surface area contributed by atoms with Crippen LogP contribution in [0.4, 0.5) is 0 Å². The van der Waals surface area contributed by atoms with Crippen LogP contribution in [0.2, 0.25) is 0 Å². The van der Waals surface area contributed by atoms with Gasteiger partial charge in [-0.25, -0.2) is 0 Å². The van der Waals surface area contributed by atoms with E-state index in [-0.39, 0.29) is 4.49 Å². The van der Waals surface area contributed by atoms with Crippen LogP contribution in [-0.2, 0) is 6.42 Å². The molecular weight excluding hydrogens is 349 g/mol. The topological polar surface area (TPSA) is 51.0 Å². The molecular formula is C18H25Cl2NO3. The summed E-state index contributed by atoms with van der Waals surface area (Å²) in [5, 5.41) is 11.3. The summed E-state index contributed by atoms with van der Waals surface area (Å²) in [4.78, 5) is 0. The van der Waals surface area contributed by atoms with Crippen LogP contribution in [0.5, 0.6) is 11.5 Å². The molecule has 0 aliphatic carbocycles. The van der Waals surface area contributed by atoms with Crippen molar-refractivity contribution in [2.24, 2.45) is 5.16 Å². The first kappa shape index (κ1) is 20.7. The standard InChI is InChI=1S/C18H25Cl2NO3/c1-3-15-13-16(23-11-8-17(19)20)12-14(2)18(15)24-10-7-5-4-6-9-21-22/h8-9,12-13,22H,3-7,10-11H2,1-2H3/b21-9+. The number of oxime groups is 1. The first-order chi connectivity index (χ1) is 11.6. The summed E-state index contributed by atoms with van der Waals surface area (Å²) in [6.45, 7) is 5.12. The molecule has 0 radical (unpaired) electrons. The lowest BCUT2D eigenvalue weighted by molar-refractivity contribution is 0.299. The van der Waals surface area contributed by atoms with Crippen molar-refractivity contribution in [1.29, 1.82) is 0 Å². The molecule has 1 aromatic carbocycles. The monoisotopic (exact) mass is 373 g/mol. The fraction of sp³-hybridized carbons (Fsp3) is 0.500. The predicted molar refractivity (Wildman–Crippen MR) is 100 cm³/mol. The van der Waals surface area contributed by atoms with Crippen LogP contribution in [0.15, 0.2) is 27.9 Å². The lowest BCUT2D eigenvalue weighted by atomic mass is 10.1. The van der Waals surface area contributed by atoms with Crippen LogP contribution in [0.3, 0.4) is 0 Å². The Morgan fingerprint density at radius 3 is 2.67 bits per heavy atom. The smallest absolute Gasteiger partial charge is 0.125 e. The zero-order valence-electron chi connectivity index (χ0n) is 14.2. The fourth-order valence-corrected chi connectivity index (χ4v) is 2.44. The largest absolute Gasteiger partial charge is 0.493 e. The molecule has 0 aliphatic heterocycles. The van der Waals surface area contributed by atoms with Crippen molar-refractivity contribution < 1.29 is 14.7 Å². The van der Waals surface area contributed by atoms with Crippen LogP contribution in [0, 0.1) is 6.92 Å². The maximum atomic E-state index is 8.33. The van der Waals surface area contributed by atoms with Crippen LogP contribution >= 0.6 is 23.2 Å². The van der Waals surface area contributed by atoms with E-state index < -0.39 is 0 Å². The van der Waals surface area contributed by atoms with E-state index in [0.717, 1.165) is 54.7 Å². The van der Waals surface area contributed by atoms with Crippen molar-refractivity contribution in [3.63, 3.8) is 0 Å². The number of hydrogen-bond acceptors (Lipinski definition) is 4. The number of halogens is 2. The Morgan fingerprint density at radius 1 is 1.21 bits per heavy atom. The average molecular weight is 374 g/mol. The van der Waals surface area contributed by atoms with Gasteiger partial charge in [-0.3, -0.25) is 0 Å². The first-order valence-corrected chi connectivity index (χ1v) is 8.90. The molecule has 1 N–H and O–H groups in total. The van der Waals surface area contributed by atoms with Crippen molar-refractivity contribution in [2.45, 2.75) is 46.0 Å². The van der Waals surface area contributed by atoms with E-state index in [9.17, 15) is 0 Å². The van der Waals surface area contributed by atoms with Gasteiger partial charge in [-0.05, 0) is 68.4 Å². The molecule has 0 aliphatic rings. The molecule has 134 valence electrons. The van der Waals surface area contributed by atoms with Gasteiger partial charge in [-0.15, -0.1) is 5.16 Å². The predicted octanol–water partition coefficient (Wildman–Crippen LogP) is 5.65. The van der Waals surface area contributed by atoms with Crippen LogP contribution in [-0.4, -0.2) is 24.6 Å². The van der Waals surface area contributed by atoms with Gasteiger partial charge < -0.3 is 14.7 Å². The second kappa shape index (κ2) is 12.0. The highest BCUT2D eigenvalue weighted by atomic mass is 35.5. The normalized spacial score (nSPS) is 10.8. The van der Waals surface area contributed by atoms with Crippen LogP contribution in [0.25, 0.3) is 0 Å². The third-order valence-corrected chi connectivity index (χ3v) is 3.81. The molecule has 0 spiro atoms. The van der Waals surface area contributed by atoms with E-state index in [4.69, 9.17) is 37.9 Å². The quantitative estimate of drug-likeness (QED) is 0.236. The molecule has 1 rings (SSSR count). The summed E-state index contributed by atoms with van der Waals surface area (Å²) in [5.74, 6) is 1.72. The van der Waals surface area contributed by atoms with E-state index in [1.165, 1.54) is 6.21 Å². The van der Waals surface area contributed by atoms with Gasteiger partial charge in [0.2, 0.25) is 0 Å². The van der Waals surface area contributed by atoms with E-state index in [1.807, 2.05) is 19.1 Å². The zero-order chi connectivity index (χ0) is 17.8. The number of nitrogens with zero attached hydrogens (tertiary/aromatic N) is 1. The van der Waals surface area contributed by atoms with Crippen LogP contribution in [0.1, 0.15) is 43.7 Å². The van der Waals surface area contributed by atoms with Gasteiger partial charge in [-0.2, -0.15) is 0 Å². The number of unbranched alkanes of at least 4 members (excludes halogenated alkanes) is 3. The SMILES string of the molecule is CCc1cc(OCC=C(Cl)Cl)cc(C)c1OCCCCC/C=N/O. The van der Waals surface area contributed by atoms with Gasteiger partial charge in [0.15, 0.2) is 0 Å². The molecule has 0 heterocycles. The van der Waals surface area contributed by atoms with Gasteiger partial charge in [0, 0.05) is 6.21 Å². The molecule has 0 atom stereocenters. The number of benzene rings is 1. The van der Waals surface area contributed by atoms with Crippen molar-refractivity contribution in [2.75, 3.05) is 13.2 Å². The van der Waals surface area contributed by atoms with Gasteiger partial charge in [0.05, 0.1) is 6.61 Å². The average Bonchev–Trinajstić information content (AvgIpc) is 2.54. The number of ether oxygens (including phenoxy) is 2. The Hall–Kier alpha value is -1.39. The minimum atomic E-state index is 0.202. The zero-order valence-corrected chi connectivity index (χ0v) is 15.7. The molecule has 1 aromatic rings. The van der Waals surface area contributed by atoms with E-state index in [1.54, 1.807) is 6.08 Å². The minimum absolute atomic E-state index is 0.202. The van der Waals surface area contributed by atoms with Gasteiger partial charge in [0.25, 0.3) is 0 Å². The van der Waals surface area contributed by atoms with Gasteiger partial charge in [-0.1, -0.05) is 30.1 Å². The summed E-state index contributed by atoms with van der Waals surface area (Å²) >= 11 is 11.2. The molecule has 0 bridgehead atoms. The number of aryl methyl sites for hydroxylation is 2. The van der Waals surface area contributed by atoms with Crippen molar-refractivity contribution in [1.82, 2.24) is 0 Å². The van der Waals surface area contributed by atoms with Gasteiger partial charge >= 0.3 is 0 Å². The fourth-order valence-electron chi connectivity index (χ4n) is 2.31. The van der Waals surface area contributed by atoms with E-state index >= 15 is 0 Å². The Kier molecular flexibility index (Phi) is 10.4. The first-order valence-electron chi connectivity index (χ1n) is 8.14. The summed E-state index contributed by atoms with van der Waals surface area (Å²) in [7, 11) is 0. The summed E-state index contributed by atoms with van der Waals surface area (Å²) in [6, 6.07) is 3.96. The Balaban J connectivity index is 2.56. The molecule has 4 nitrogen and oxygen atoms in total. The maximum absolute atomic E-state index is 8.33. The molecule has 6 heteroatoms. The lowest BCUT2D eigenvalue weighted by Gasteiger charge is -2.15. The lowest BCUT2D eigenvalue weighted by Crippen LogP contribution is -2.03.